The van der Waals surface area contributed by atoms with Crippen LogP contribution in [0, 0.1) is 26.1 Å². The van der Waals surface area contributed by atoms with Gasteiger partial charge in [0.2, 0.25) is 6.10 Å². The van der Waals surface area contributed by atoms with Gasteiger partial charge in [0.1, 0.15) is 30.8 Å². The molecule has 1 N–H and O–H groups in total. The van der Waals surface area contributed by atoms with E-state index in [-0.39, 0.29) is 11.5 Å². The zero-order valence-corrected chi connectivity index (χ0v) is 33.4. The predicted molar refractivity (Wildman–Crippen MR) is 207 cm³/mol. The van der Waals surface area contributed by atoms with Crippen molar-refractivity contribution in [1.82, 2.24) is 0 Å². The second-order valence-electron chi connectivity index (χ2n) is 11.9. The Hall–Kier alpha value is -3.73. The number of carbonyl (C=O) groups is 3. The van der Waals surface area contributed by atoms with Crippen molar-refractivity contribution in [1.29, 1.82) is 0 Å². The van der Waals surface area contributed by atoms with Crippen LogP contribution in [0.5, 0.6) is 11.5 Å². The average Bonchev–Trinajstić information content (AvgIpc) is 3.08. The Kier molecular flexibility index (Phi) is 14.7. The highest BCUT2D eigenvalue weighted by Crippen LogP contribution is 3.04. The molecule has 1 saturated heterocycles. The normalized spacial score (nSPS) is 19.5. The minimum absolute atomic E-state index is 0.0754. The maximum Gasteiger partial charge on any atom is 0.356 e. The number of phenolic OH excluding ortho intramolecular Hbond substituents is 1. The number of rotatable bonds is 18. The van der Waals surface area contributed by atoms with E-state index in [9.17, 15) is 39.7 Å². The van der Waals surface area contributed by atoms with E-state index in [1.807, 2.05) is 12.1 Å². The van der Waals surface area contributed by atoms with Crippen LogP contribution in [0.15, 0.2) is 72.8 Å². The molecule has 53 heavy (non-hydrogen) atoms. The van der Waals surface area contributed by atoms with Gasteiger partial charge in [0.05, 0.1) is 21.2 Å². The van der Waals surface area contributed by atoms with Crippen LogP contribution in [0.1, 0.15) is 44.2 Å². The first-order chi connectivity index (χ1) is 25.0. The summed E-state index contributed by atoms with van der Waals surface area (Å²) in [6.45, 7) is 3.94. The molecule has 0 spiro atoms. The number of ether oxygens (including phenoxy) is 3. The van der Waals surface area contributed by atoms with Crippen LogP contribution in [-0.2, 0) is 63.6 Å². The summed E-state index contributed by atoms with van der Waals surface area (Å²) in [5.41, 5.74) is 1.68. The third-order valence-electron chi connectivity index (χ3n) is 7.36. The minimum atomic E-state index is -2.16. The van der Waals surface area contributed by atoms with Gasteiger partial charge in [0, 0.05) is 10.6 Å². The summed E-state index contributed by atoms with van der Waals surface area (Å²) in [7, 11) is 0. The molecule has 4 rings (SSSR count). The maximum atomic E-state index is 13.4. The fourth-order valence-electron chi connectivity index (χ4n) is 4.74. The molecule has 0 bridgehead atoms. The Morgan fingerprint density at radius 3 is 1.91 bits per heavy atom. The van der Waals surface area contributed by atoms with E-state index in [2.05, 4.69) is 23.5 Å². The number of hydrogen-bond donors (Lipinski definition) is 1. The number of carbonyl (C=O) groups excluding carboxylic acids is 3. The fraction of sp³-hybridized carbons (Fsp3) is 0.344. The second-order valence-corrected chi connectivity index (χ2v) is 33.2. The molecule has 3 aromatic carbocycles. The third-order valence-corrected chi connectivity index (χ3v) is 38.6. The van der Waals surface area contributed by atoms with Crippen molar-refractivity contribution in [3.05, 3.63) is 104 Å². The van der Waals surface area contributed by atoms with Gasteiger partial charge in [-0.2, -0.15) is 0 Å². The molecule has 15 nitrogen and oxygen atoms in total. The number of benzene rings is 3. The first-order valence-electron chi connectivity index (χ1n) is 15.7. The SMILES string of the molecule is CC(C)Cc1ccc(C(C)C(=O)OC(COC(=O)CC(CO[N+](=O)[O-])O[N+](=O)[O-])C(=O)Oc2ccc(P3(=S)SP(=S)(c4ccc(O)cc4)S3)cc2)cc1. The van der Waals surface area contributed by atoms with Gasteiger partial charge >= 0.3 is 17.9 Å². The molecule has 0 saturated carbocycles. The summed E-state index contributed by atoms with van der Waals surface area (Å²) in [4.78, 5) is 68.9. The lowest BCUT2D eigenvalue weighted by Crippen LogP contribution is -2.37. The van der Waals surface area contributed by atoms with Crippen molar-refractivity contribution in [2.75, 3.05) is 13.2 Å². The monoisotopic (exact) mass is 844 g/mol. The number of nitrogens with zero attached hydrogens (tertiary/aromatic N) is 2. The van der Waals surface area contributed by atoms with Crippen LogP contribution in [0.3, 0.4) is 0 Å². The summed E-state index contributed by atoms with van der Waals surface area (Å²) in [6, 6.07) is 20.6. The van der Waals surface area contributed by atoms with Gasteiger partial charge in [-0.1, -0.05) is 83.7 Å². The molecule has 1 aliphatic heterocycles. The highest BCUT2D eigenvalue weighted by molar-refractivity contribution is 9.48. The summed E-state index contributed by atoms with van der Waals surface area (Å²) in [6.07, 6.45) is -3.50. The zero-order chi connectivity index (χ0) is 38.9. The molecule has 1 aliphatic rings. The maximum absolute atomic E-state index is 13.4. The second kappa shape index (κ2) is 18.5. The first-order valence-corrected chi connectivity index (χ1v) is 25.4. The Morgan fingerprint density at radius 2 is 1.38 bits per heavy atom. The number of esters is 3. The lowest BCUT2D eigenvalue weighted by Gasteiger charge is -2.40. The topological polar surface area (TPSA) is 204 Å². The molecule has 3 atom stereocenters. The molecule has 0 aromatic heterocycles. The van der Waals surface area contributed by atoms with E-state index in [1.54, 1.807) is 77.5 Å². The molecule has 0 amide bonds. The van der Waals surface area contributed by atoms with Crippen molar-refractivity contribution in [2.24, 2.45) is 5.92 Å². The van der Waals surface area contributed by atoms with E-state index in [0.717, 1.165) is 22.6 Å². The van der Waals surface area contributed by atoms with Crippen LogP contribution in [0.25, 0.3) is 0 Å². The summed E-state index contributed by atoms with van der Waals surface area (Å²) in [5.74, 6) is -3.28. The first kappa shape index (κ1) is 42.0. The summed E-state index contributed by atoms with van der Waals surface area (Å²) >= 11 is 15.0. The number of aromatic hydroxyl groups is 1. The summed E-state index contributed by atoms with van der Waals surface area (Å²) in [5, 5.41) is 30.3. The molecule has 3 unspecified atom stereocenters. The lowest BCUT2D eigenvalue weighted by atomic mass is 9.97. The van der Waals surface area contributed by atoms with Gasteiger partial charge in [-0.3, -0.25) is 9.59 Å². The van der Waals surface area contributed by atoms with Gasteiger partial charge in [-0.25, -0.2) is 4.79 Å². The van der Waals surface area contributed by atoms with Crippen molar-refractivity contribution < 1.29 is 53.5 Å². The van der Waals surface area contributed by atoms with Gasteiger partial charge in [-0.15, -0.1) is 20.2 Å². The predicted octanol–water partition coefficient (Wildman–Crippen LogP) is 5.98. The molecular formula is C32H34N2O13P2S4. The van der Waals surface area contributed by atoms with E-state index in [1.165, 1.54) is 12.1 Å². The van der Waals surface area contributed by atoms with Crippen LogP contribution in [0.4, 0.5) is 0 Å². The molecule has 1 heterocycles. The largest absolute Gasteiger partial charge is 0.508 e. The molecule has 1 fully saturated rings. The highest BCUT2D eigenvalue weighted by Gasteiger charge is 2.46. The van der Waals surface area contributed by atoms with Gasteiger partial charge in [0.25, 0.3) is 10.2 Å². The van der Waals surface area contributed by atoms with E-state index >= 15 is 0 Å². The fourth-order valence-corrected chi connectivity index (χ4v) is 47.0. The standard InChI is InChI=1S/C32H34N2O13P2S4/c1-20(2)16-22-4-6-23(7-5-22)21(3)31(37)46-29(19-43-30(36)17-26(47-34(41)42)18-44-33(39)40)32(38)45-25-10-14-28(15-11-25)49(51)52-48(50,53-49)27-12-8-24(35)9-13-27/h4-15,20-21,26,29,35H,16-19H2,1-3H3. The van der Waals surface area contributed by atoms with Gasteiger partial charge in [0.15, 0.2) is 0 Å². The van der Waals surface area contributed by atoms with Gasteiger partial charge in [-0.05, 0) is 78.9 Å². The Bertz CT molecular complexity index is 1900. The zero-order valence-electron chi connectivity index (χ0n) is 28.3. The van der Waals surface area contributed by atoms with E-state index in [4.69, 9.17) is 37.8 Å². The van der Waals surface area contributed by atoms with Crippen LogP contribution in [-0.4, -0.2) is 58.6 Å². The van der Waals surface area contributed by atoms with Crippen LogP contribution < -0.4 is 15.3 Å². The Balaban J connectivity index is 1.45. The Labute approximate surface area is 321 Å². The minimum Gasteiger partial charge on any atom is -0.508 e. The molecule has 0 radical (unpaired) electrons. The smallest absolute Gasteiger partial charge is 0.356 e. The third kappa shape index (κ3) is 12.1. The quantitative estimate of drug-likeness (QED) is 0.0514. The number of hydrogen-bond acceptors (Lipinski definition) is 17. The van der Waals surface area contributed by atoms with E-state index in [0.29, 0.717) is 11.5 Å². The van der Waals surface area contributed by atoms with Crippen molar-refractivity contribution in [2.45, 2.75) is 51.7 Å². The summed E-state index contributed by atoms with van der Waals surface area (Å²) < 4.78 is 11.9. The van der Waals surface area contributed by atoms with Crippen molar-refractivity contribution in [3.63, 3.8) is 0 Å². The Morgan fingerprint density at radius 1 is 0.811 bits per heavy atom. The van der Waals surface area contributed by atoms with Crippen LogP contribution >= 0.6 is 30.9 Å². The average molecular weight is 845 g/mol. The van der Waals surface area contributed by atoms with Crippen molar-refractivity contribution in [3.8, 4) is 11.5 Å². The molecule has 284 valence electrons. The van der Waals surface area contributed by atoms with Gasteiger partial charge < -0.3 is 29.0 Å². The van der Waals surface area contributed by atoms with Crippen molar-refractivity contribution >= 4 is 83.0 Å². The van der Waals surface area contributed by atoms with Crippen LogP contribution in [0.2, 0.25) is 0 Å². The lowest BCUT2D eigenvalue weighted by molar-refractivity contribution is -0.789. The van der Waals surface area contributed by atoms with E-state index < -0.39 is 74.7 Å². The highest BCUT2D eigenvalue weighted by atomic mass is 33.7. The molecule has 21 heteroatoms. The molecular weight excluding hydrogens is 811 g/mol. The molecule has 0 aliphatic carbocycles. The number of phenols is 1. The molecule has 3 aromatic rings.